The van der Waals surface area contributed by atoms with E-state index in [1.807, 2.05) is 48.5 Å². The standard InChI is InChI=1S/C46H27N5OS/c1-2-13-28(14-3-1)43-48-44(50-46(49-43)51-37-23-7-4-17-32(37)33-18-5-8-24-38(33)51)35-21-12-25-39-41(35)34-20-11-19-31(42(34)52-39)29-15-10-16-30(27-29)45-47-36-22-6-9-26-40(36)53-45/h1-27H. The quantitative estimate of drug-likeness (QED) is 0.179. The molecule has 0 N–H and O–H groups in total. The number of nitrogens with zero attached hydrogens (tertiary/aromatic N) is 5. The average Bonchev–Trinajstić information content (AvgIpc) is 3.93. The summed E-state index contributed by atoms with van der Waals surface area (Å²) in [5.74, 6) is 1.74. The average molecular weight is 698 g/mol. The summed E-state index contributed by atoms with van der Waals surface area (Å²) in [6.45, 7) is 0. The van der Waals surface area contributed by atoms with E-state index in [0.29, 0.717) is 17.6 Å². The van der Waals surface area contributed by atoms with Gasteiger partial charge >= 0.3 is 0 Å². The Kier molecular flexibility index (Phi) is 6.62. The van der Waals surface area contributed by atoms with Crippen LogP contribution in [0.3, 0.4) is 0 Å². The molecule has 248 valence electrons. The molecule has 6 nitrogen and oxygen atoms in total. The number of hydrogen-bond acceptors (Lipinski definition) is 6. The van der Waals surface area contributed by atoms with E-state index in [1.54, 1.807) is 11.3 Å². The highest BCUT2D eigenvalue weighted by molar-refractivity contribution is 7.21. The highest BCUT2D eigenvalue weighted by atomic mass is 32.1. The van der Waals surface area contributed by atoms with Crippen molar-refractivity contribution in [1.82, 2.24) is 24.5 Å². The molecule has 0 radical (unpaired) electrons. The second kappa shape index (κ2) is 11.8. The summed E-state index contributed by atoms with van der Waals surface area (Å²) in [7, 11) is 0. The van der Waals surface area contributed by atoms with Crippen molar-refractivity contribution in [3.8, 4) is 50.4 Å². The molecular weight excluding hydrogens is 671 g/mol. The van der Waals surface area contributed by atoms with Crippen molar-refractivity contribution >= 4 is 65.3 Å². The van der Waals surface area contributed by atoms with Crippen LogP contribution in [0.1, 0.15) is 0 Å². The zero-order valence-electron chi connectivity index (χ0n) is 28.1. The fraction of sp³-hybridized carbons (Fsp3) is 0. The molecule has 0 saturated heterocycles. The van der Waals surface area contributed by atoms with Crippen LogP contribution in [0, 0.1) is 0 Å². The molecule has 7 aromatic carbocycles. The van der Waals surface area contributed by atoms with Crippen molar-refractivity contribution in [3.05, 3.63) is 164 Å². The lowest BCUT2D eigenvalue weighted by atomic mass is 9.99. The third-order valence-electron chi connectivity index (χ3n) is 9.91. The number of thiazole rings is 1. The third kappa shape index (κ3) is 4.79. The second-order valence-corrected chi connectivity index (χ2v) is 14.1. The first-order valence-electron chi connectivity index (χ1n) is 17.5. The number of furan rings is 1. The predicted molar refractivity (Wildman–Crippen MR) is 216 cm³/mol. The van der Waals surface area contributed by atoms with Crippen LogP contribution < -0.4 is 0 Å². The topological polar surface area (TPSA) is 69.6 Å². The van der Waals surface area contributed by atoms with Gasteiger partial charge in [0.1, 0.15) is 16.2 Å². The summed E-state index contributed by atoms with van der Waals surface area (Å²) >= 11 is 1.71. The zero-order chi connectivity index (χ0) is 34.9. The molecule has 0 fully saturated rings. The van der Waals surface area contributed by atoms with Crippen molar-refractivity contribution < 1.29 is 4.42 Å². The van der Waals surface area contributed by atoms with Crippen molar-refractivity contribution in [2.45, 2.75) is 0 Å². The molecule has 11 rings (SSSR count). The minimum Gasteiger partial charge on any atom is -0.455 e. The van der Waals surface area contributed by atoms with Crippen LogP contribution in [0.4, 0.5) is 0 Å². The van der Waals surface area contributed by atoms with E-state index < -0.39 is 0 Å². The smallest absolute Gasteiger partial charge is 0.238 e. The zero-order valence-corrected chi connectivity index (χ0v) is 29.0. The van der Waals surface area contributed by atoms with Gasteiger partial charge in [-0.05, 0) is 42.0 Å². The molecule has 0 bridgehead atoms. The normalized spacial score (nSPS) is 11.8. The number of fused-ring (bicyclic) bond motifs is 7. The lowest BCUT2D eigenvalue weighted by Crippen LogP contribution is -2.06. The Balaban J connectivity index is 1.12. The van der Waals surface area contributed by atoms with Crippen LogP contribution in [0.25, 0.3) is 104 Å². The summed E-state index contributed by atoms with van der Waals surface area (Å²) in [6.07, 6.45) is 0. The molecule has 4 aromatic heterocycles. The Morgan fingerprint density at radius 1 is 0.472 bits per heavy atom. The molecule has 4 heterocycles. The van der Waals surface area contributed by atoms with Crippen molar-refractivity contribution in [3.63, 3.8) is 0 Å². The molecule has 0 aliphatic carbocycles. The van der Waals surface area contributed by atoms with E-state index in [4.69, 9.17) is 24.4 Å². The Labute approximate surface area is 307 Å². The third-order valence-corrected chi connectivity index (χ3v) is 11.0. The lowest BCUT2D eigenvalue weighted by Gasteiger charge is -2.11. The van der Waals surface area contributed by atoms with Gasteiger partial charge in [0.15, 0.2) is 11.6 Å². The monoisotopic (exact) mass is 697 g/mol. The van der Waals surface area contributed by atoms with E-state index in [0.717, 1.165) is 82.1 Å². The highest BCUT2D eigenvalue weighted by Crippen LogP contribution is 2.41. The molecule has 0 unspecified atom stereocenters. The van der Waals surface area contributed by atoms with Gasteiger partial charge in [-0.3, -0.25) is 4.57 Å². The SMILES string of the molecule is c1ccc(-c2nc(-c3cccc4oc5c(-c6cccc(-c7nc8ccccc8s7)c6)cccc5c34)nc(-n3c4ccccc4c4ccccc43)n2)cc1. The van der Waals surface area contributed by atoms with Crippen molar-refractivity contribution in [2.75, 3.05) is 0 Å². The van der Waals surface area contributed by atoms with E-state index in [2.05, 4.69) is 120 Å². The minimum atomic E-state index is 0.559. The maximum absolute atomic E-state index is 6.74. The van der Waals surface area contributed by atoms with Gasteiger partial charge in [-0.1, -0.05) is 127 Å². The van der Waals surface area contributed by atoms with Gasteiger partial charge in [0, 0.05) is 43.8 Å². The fourth-order valence-corrected chi connectivity index (χ4v) is 8.48. The predicted octanol–water partition coefficient (Wildman–Crippen LogP) is 12.1. The van der Waals surface area contributed by atoms with Crippen LogP contribution in [0.15, 0.2) is 168 Å². The van der Waals surface area contributed by atoms with Gasteiger partial charge < -0.3 is 4.42 Å². The number of hydrogen-bond donors (Lipinski definition) is 0. The Morgan fingerprint density at radius 2 is 1.11 bits per heavy atom. The van der Waals surface area contributed by atoms with Crippen LogP contribution in [-0.4, -0.2) is 24.5 Å². The number of benzene rings is 7. The van der Waals surface area contributed by atoms with Gasteiger partial charge in [0.2, 0.25) is 5.95 Å². The van der Waals surface area contributed by atoms with E-state index >= 15 is 0 Å². The van der Waals surface area contributed by atoms with Gasteiger partial charge in [-0.15, -0.1) is 11.3 Å². The first-order valence-corrected chi connectivity index (χ1v) is 18.3. The largest absolute Gasteiger partial charge is 0.455 e. The van der Waals surface area contributed by atoms with Gasteiger partial charge in [-0.2, -0.15) is 9.97 Å². The lowest BCUT2D eigenvalue weighted by molar-refractivity contribution is 0.670. The minimum absolute atomic E-state index is 0.559. The molecular formula is C46H27N5OS. The maximum atomic E-state index is 6.74. The molecule has 11 aromatic rings. The summed E-state index contributed by atoms with van der Waals surface area (Å²) in [4.78, 5) is 20.4. The molecule has 0 aliphatic rings. The van der Waals surface area contributed by atoms with Gasteiger partial charge in [0.05, 0.1) is 21.3 Å². The van der Waals surface area contributed by atoms with E-state index in [9.17, 15) is 0 Å². The second-order valence-electron chi connectivity index (χ2n) is 13.0. The summed E-state index contributed by atoms with van der Waals surface area (Å²) in [6, 6.07) is 56.2. The Hall–Kier alpha value is -6.96. The summed E-state index contributed by atoms with van der Waals surface area (Å²) in [5.41, 5.74) is 9.62. The fourth-order valence-electron chi connectivity index (χ4n) is 7.52. The first-order chi connectivity index (χ1) is 26.3. The Bertz CT molecular complexity index is 3110. The number of para-hydroxylation sites is 4. The molecule has 53 heavy (non-hydrogen) atoms. The van der Waals surface area contributed by atoms with Crippen molar-refractivity contribution in [2.24, 2.45) is 0 Å². The number of rotatable bonds is 5. The number of aromatic nitrogens is 5. The Morgan fingerprint density at radius 3 is 1.94 bits per heavy atom. The molecule has 0 spiro atoms. The van der Waals surface area contributed by atoms with E-state index in [1.165, 1.54) is 4.70 Å². The van der Waals surface area contributed by atoms with Crippen molar-refractivity contribution in [1.29, 1.82) is 0 Å². The summed E-state index contributed by atoms with van der Waals surface area (Å²) in [5, 5.41) is 5.25. The van der Waals surface area contributed by atoms with Crippen LogP contribution in [-0.2, 0) is 0 Å². The summed E-state index contributed by atoms with van der Waals surface area (Å²) < 4.78 is 10.1. The van der Waals surface area contributed by atoms with Crippen LogP contribution in [0.2, 0.25) is 0 Å². The molecule has 0 atom stereocenters. The molecule has 0 saturated carbocycles. The molecule has 7 heteroatoms. The van der Waals surface area contributed by atoms with Gasteiger partial charge in [0.25, 0.3) is 0 Å². The van der Waals surface area contributed by atoms with Gasteiger partial charge in [-0.25, -0.2) is 9.97 Å². The van der Waals surface area contributed by atoms with E-state index in [-0.39, 0.29) is 0 Å². The van der Waals surface area contributed by atoms with Crippen LogP contribution in [0.5, 0.6) is 0 Å². The van der Waals surface area contributed by atoms with Crippen LogP contribution >= 0.6 is 11.3 Å². The maximum Gasteiger partial charge on any atom is 0.238 e. The highest BCUT2D eigenvalue weighted by Gasteiger charge is 2.21. The molecule has 0 amide bonds. The first kappa shape index (κ1) is 29.7. The molecule has 0 aliphatic heterocycles.